The Morgan fingerprint density at radius 1 is 1.27 bits per heavy atom. The number of carboxylic acids is 1. The van der Waals surface area contributed by atoms with Crippen molar-refractivity contribution < 1.29 is 14.8 Å². The maximum Gasteiger partial charge on any atom is 0.335 e. The van der Waals surface area contributed by atoms with Crippen LogP contribution in [0.1, 0.15) is 35.0 Å². The number of fused-ring (bicyclic) bond motifs is 1. The van der Waals surface area contributed by atoms with Crippen LogP contribution in [-0.2, 0) is 13.0 Å². The van der Waals surface area contributed by atoms with Crippen molar-refractivity contribution in [3.05, 3.63) is 74.4 Å². The van der Waals surface area contributed by atoms with Gasteiger partial charge in [0.15, 0.2) is 0 Å². The van der Waals surface area contributed by atoms with Crippen LogP contribution in [0.4, 0.5) is 5.69 Å². The number of hydrogen-bond acceptors (Lipinski definition) is 3. The minimum absolute atomic E-state index is 0.0332. The Kier molecular flexibility index (Phi) is 4.95. The van der Waals surface area contributed by atoms with Crippen LogP contribution >= 0.6 is 11.6 Å². The number of halogens is 1. The van der Waals surface area contributed by atoms with E-state index in [0.717, 1.165) is 12.0 Å². The molecule has 0 saturated heterocycles. The number of aromatic nitrogens is 1. The lowest BCUT2D eigenvalue weighted by molar-refractivity contribution is -0.383. The first kappa shape index (κ1) is 17.9. The molecule has 1 heterocycles. The molecule has 134 valence electrons. The number of benzene rings is 2. The van der Waals surface area contributed by atoms with Crippen LogP contribution in [0.2, 0.25) is 5.02 Å². The molecule has 0 saturated carbocycles. The van der Waals surface area contributed by atoms with Gasteiger partial charge < -0.3 is 9.67 Å². The molecule has 0 spiro atoms. The van der Waals surface area contributed by atoms with E-state index < -0.39 is 10.9 Å². The molecule has 0 atom stereocenters. The van der Waals surface area contributed by atoms with Gasteiger partial charge in [0, 0.05) is 11.6 Å². The summed E-state index contributed by atoms with van der Waals surface area (Å²) in [4.78, 5) is 22.7. The molecule has 1 aromatic heterocycles. The summed E-state index contributed by atoms with van der Waals surface area (Å²) in [5.74, 6) is -1.07. The molecule has 3 rings (SSSR count). The van der Waals surface area contributed by atoms with Gasteiger partial charge in [0.05, 0.1) is 27.1 Å². The number of hydrogen-bond donors (Lipinski definition) is 1. The number of aromatic carboxylic acids is 1. The molecule has 0 aliphatic heterocycles. The van der Waals surface area contributed by atoms with Crippen LogP contribution in [0.25, 0.3) is 10.9 Å². The Balaban J connectivity index is 2.31. The lowest BCUT2D eigenvalue weighted by atomic mass is 10.1. The topological polar surface area (TPSA) is 85.4 Å². The molecule has 6 nitrogen and oxygen atoms in total. The van der Waals surface area contributed by atoms with Crippen molar-refractivity contribution in [2.24, 2.45) is 0 Å². The van der Waals surface area contributed by atoms with Crippen molar-refractivity contribution in [2.75, 3.05) is 0 Å². The van der Waals surface area contributed by atoms with Gasteiger partial charge in [0.2, 0.25) is 0 Å². The highest BCUT2D eigenvalue weighted by molar-refractivity contribution is 6.31. The SMILES string of the molecule is CCCc1c([N+](=O)[O-])c2ccc(C(=O)O)cc2n1Cc1ccccc1Cl. The van der Waals surface area contributed by atoms with E-state index in [9.17, 15) is 20.0 Å². The standard InChI is InChI=1S/C19H17ClN2O4/c1-2-5-16-18(22(25)26)14-9-8-12(19(23)24)10-17(14)21(16)11-13-6-3-4-7-15(13)20/h3-4,6-10H,2,5,11H2,1H3,(H,23,24). The zero-order valence-corrected chi connectivity index (χ0v) is 14.9. The summed E-state index contributed by atoms with van der Waals surface area (Å²) in [5, 5.41) is 22.0. The molecule has 0 aliphatic carbocycles. The quantitative estimate of drug-likeness (QED) is 0.492. The molecule has 1 N–H and O–H groups in total. The fourth-order valence-corrected chi connectivity index (χ4v) is 3.38. The summed E-state index contributed by atoms with van der Waals surface area (Å²) in [6.07, 6.45) is 1.24. The zero-order valence-electron chi connectivity index (χ0n) is 14.1. The monoisotopic (exact) mass is 372 g/mol. The minimum atomic E-state index is -1.07. The highest BCUT2D eigenvalue weighted by Crippen LogP contribution is 2.35. The molecular weight excluding hydrogens is 356 g/mol. The fraction of sp³-hybridized carbons (Fsp3) is 0.211. The molecule has 0 radical (unpaired) electrons. The van der Waals surface area contributed by atoms with Gasteiger partial charge in [-0.25, -0.2) is 4.79 Å². The van der Waals surface area contributed by atoms with E-state index in [1.807, 2.05) is 29.7 Å². The number of nitrogens with zero attached hydrogens (tertiary/aromatic N) is 2. The lowest BCUT2D eigenvalue weighted by Gasteiger charge is -2.11. The van der Waals surface area contributed by atoms with Gasteiger partial charge >= 0.3 is 5.97 Å². The third kappa shape index (κ3) is 3.15. The lowest BCUT2D eigenvalue weighted by Crippen LogP contribution is -2.06. The molecule has 0 bridgehead atoms. The summed E-state index contributed by atoms with van der Waals surface area (Å²) in [7, 11) is 0. The molecule has 2 aromatic carbocycles. The van der Waals surface area contributed by atoms with Crippen LogP contribution in [0.5, 0.6) is 0 Å². The largest absolute Gasteiger partial charge is 0.478 e. The van der Waals surface area contributed by atoms with Crippen molar-refractivity contribution in [3.63, 3.8) is 0 Å². The van der Waals surface area contributed by atoms with Crippen molar-refractivity contribution in [2.45, 2.75) is 26.3 Å². The van der Waals surface area contributed by atoms with Gasteiger partial charge in [-0.2, -0.15) is 0 Å². The minimum Gasteiger partial charge on any atom is -0.478 e. The third-order valence-corrected chi connectivity index (χ3v) is 4.71. The van der Waals surface area contributed by atoms with Crippen molar-refractivity contribution in [3.8, 4) is 0 Å². The van der Waals surface area contributed by atoms with Crippen LogP contribution in [0.3, 0.4) is 0 Å². The van der Waals surface area contributed by atoms with E-state index in [4.69, 9.17) is 11.6 Å². The smallest absolute Gasteiger partial charge is 0.335 e. The second kappa shape index (κ2) is 7.17. The first-order chi connectivity index (χ1) is 12.4. The molecule has 26 heavy (non-hydrogen) atoms. The van der Waals surface area contributed by atoms with Crippen molar-refractivity contribution in [1.29, 1.82) is 0 Å². The highest BCUT2D eigenvalue weighted by atomic mass is 35.5. The Hall–Kier alpha value is -2.86. The average molecular weight is 373 g/mol. The summed E-state index contributed by atoms with van der Waals surface area (Å²) >= 11 is 6.26. The second-order valence-electron chi connectivity index (χ2n) is 6.02. The first-order valence-corrected chi connectivity index (χ1v) is 8.58. The van der Waals surface area contributed by atoms with Crippen LogP contribution < -0.4 is 0 Å². The van der Waals surface area contributed by atoms with Gasteiger partial charge in [-0.3, -0.25) is 10.1 Å². The van der Waals surface area contributed by atoms with E-state index in [-0.39, 0.29) is 11.3 Å². The van der Waals surface area contributed by atoms with E-state index in [1.165, 1.54) is 18.2 Å². The predicted molar refractivity (Wildman–Crippen MR) is 100 cm³/mol. The number of carbonyl (C=O) groups is 1. The van der Waals surface area contributed by atoms with Gasteiger partial charge in [-0.15, -0.1) is 0 Å². The fourth-order valence-electron chi connectivity index (χ4n) is 3.19. The van der Waals surface area contributed by atoms with Crippen LogP contribution in [-0.4, -0.2) is 20.6 Å². The van der Waals surface area contributed by atoms with Gasteiger partial charge in [-0.05, 0) is 36.2 Å². The number of carboxylic acid groups (broad SMARTS) is 1. The normalized spacial score (nSPS) is 11.0. The van der Waals surface area contributed by atoms with Gasteiger partial charge in [0.1, 0.15) is 0 Å². The van der Waals surface area contributed by atoms with E-state index >= 15 is 0 Å². The summed E-state index contributed by atoms with van der Waals surface area (Å²) < 4.78 is 1.81. The molecule has 0 fully saturated rings. The second-order valence-corrected chi connectivity index (χ2v) is 6.42. The van der Waals surface area contributed by atoms with Crippen molar-refractivity contribution >= 4 is 34.2 Å². The summed E-state index contributed by atoms with van der Waals surface area (Å²) in [6.45, 7) is 2.28. The van der Waals surface area contributed by atoms with E-state index in [0.29, 0.717) is 34.6 Å². The molecular formula is C19H17ClN2O4. The molecule has 3 aromatic rings. The highest BCUT2D eigenvalue weighted by Gasteiger charge is 2.26. The Labute approximate surface area is 154 Å². The van der Waals surface area contributed by atoms with E-state index in [2.05, 4.69) is 0 Å². The van der Waals surface area contributed by atoms with Crippen LogP contribution in [0.15, 0.2) is 42.5 Å². The van der Waals surface area contributed by atoms with Crippen molar-refractivity contribution in [1.82, 2.24) is 4.57 Å². The summed E-state index contributed by atoms with van der Waals surface area (Å²) in [5.41, 5.74) is 2.05. The maximum atomic E-state index is 11.7. The molecule has 0 amide bonds. The Morgan fingerprint density at radius 2 is 2.00 bits per heavy atom. The Bertz CT molecular complexity index is 1010. The Morgan fingerprint density at radius 3 is 2.62 bits per heavy atom. The predicted octanol–water partition coefficient (Wildman–Crippen LogP) is 4.90. The van der Waals surface area contributed by atoms with Gasteiger partial charge in [-0.1, -0.05) is 43.1 Å². The number of nitro groups is 1. The molecule has 0 unspecified atom stereocenters. The van der Waals surface area contributed by atoms with Crippen LogP contribution in [0, 0.1) is 10.1 Å². The van der Waals surface area contributed by atoms with E-state index in [1.54, 1.807) is 6.07 Å². The molecule has 0 aliphatic rings. The maximum absolute atomic E-state index is 11.7. The van der Waals surface area contributed by atoms with Gasteiger partial charge in [0.25, 0.3) is 5.69 Å². The third-order valence-electron chi connectivity index (χ3n) is 4.35. The zero-order chi connectivity index (χ0) is 18.8. The number of rotatable bonds is 6. The first-order valence-electron chi connectivity index (χ1n) is 8.20. The average Bonchev–Trinajstić information content (AvgIpc) is 2.90. The molecule has 7 heteroatoms. The summed E-state index contributed by atoms with van der Waals surface area (Å²) in [6, 6.07) is 11.7.